The minimum Gasteiger partial charge on any atom is -0.348 e. The van der Waals surface area contributed by atoms with Crippen LogP contribution in [0.15, 0.2) is 24.3 Å². The highest BCUT2D eigenvalue weighted by Gasteiger charge is 2.12. The number of rotatable bonds is 3. The standard InChI is InChI=1S/C12H18N2O/c1-8-5-4-6-11(7-8)10(3)14-12(15)9(2)13/h4-7,9-10H,13H2,1-3H3,(H,14,15)/t9?,10-/m0/s1. The molecule has 82 valence electrons. The predicted octanol–water partition coefficient (Wildman–Crippen LogP) is 1.52. The van der Waals surface area contributed by atoms with Crippen molar-refractivity contribution in [1.29, 1.82) is 0 Å². The van der Waals surface area contributed by atoms with Crippen LogP contribution in [0.2, 0.25) is 0 Å². The molecule has 1 amide bonds. The van der Waals surface area contributed by atoms with Gasteiger partial charge in [0.05, 0.1) is 12.1 Å². The van der Waals surface area contributed by atoms with Gasteiger partial charge >= 0.3 is 0 Å². The van der Waals surface area contributed by atoms with Crippen LogP contribution in [0.25, 0.3) is 0 Å². The van der Waals surface area contributed by atoms with Crippen molar-refractivity contribution >= 4 is 5.91 Å². The number of benzene rings is 1. The van der Waals surface area contributed by atoms with Crippen LogP contribution in [0.4, 0.5) is 0 Å². The molecule has 0 aliphatic carbocycles. The van der Waals surface area contributed by atoms with Gasteiger partial charge in [-0.2, -0.15) is 0 Å². The molecule has 2 atom stereocenters. The van der Waals surface area contributed by atoms with E-state index in [0.717, 1.165) is 5.56 Å². The first-order chi connectivity index (χ1) is 7.00. The van der Waals surface area contributed by atoms with E-state index in [-0.39, 0.29) is 11.9 Å². The third-order valence-corrected chi connectivity index (χ3v) is 2.31. The molecule has 0 fully saturated rings. The molecule has 0 saturated heterocycles. The lowest BCUT2D eigenvalue weighted by atomic mass is 10.1. The van der Waals surface area contributed by atoms with Crippen molar-refractivity contribution in [2.45, 2.75) is 32.9 Å². The van der Waals surface area contributed by atoms with Crippen LogP contribution in [0, 0.1) is 6.92 Å². The first kappa shape index (κ1) is 11.7. The van der Waals surface area contributed by atoms with E-state index in [1.807, 2.05) is 32.0 Å². The number of nitrogens with two attached hydrogens (primary N) is 1. The number of amides is 1. The molecule has 0 spiro atoms. The van der Waals surface area contributed by atoms with Crippen LogP contribution >= 0.6 is 0 Å². The average molecular weight is 206 g/mol. The van der Waals surface area contributed by atoms with Crippen molar-refractivity contribution in [2.24, 2.45) is 5.73 Å². The number of carbonyl (C=O) groups excluding carboxylic acids is 1. The van der Waals surface area contributed by atoms with E-state index in [1.54, 1.807) is 6.92 Å². The van der Waals surface area contributed by atoms with E-state index < -0.39 is 6.04 Å². The third-order valence-electron chi connectivity index (χ3n) is 2.31. The number of carbonyl (C=O) groups is 1. The number of hydrogen-bond donors (Lipinski definition) is 2. The third kappa shape index (κ3) is 3.36. The van der Waals surface area contributed by atoms with Gasteiger partial charge in [-0.25, -0.2) is 0 Å². The Kier molecular flexibility index (Phi) is 3.86. The molecule has 0 aliphatic heterocycles. The summed E-state index contributed by atoms with van der Waals surface area (Å²) >= 11 is 0. The second-order valence-electron chi connectivity index (χ2n) is 3.93. The summed E-state index contributed by atoms with van der Waals surface area (Å²) in [6.07, 6.45) is 0. The van der Waals surface area contributed by atoms with Gasteiger partial charge in [-0.15, -0.1) is 0 Å². The van der Waals surface area contributed by atoms with Crippen molar-refractivity contribution in [3.63, 3.8) is 0 Å². The molecule has 0 saturated carbocycles. The van der Waals surface area contributed by atoms with Crippen LogP contribution in [0.1, 0.15) is 31.0 Å². The maximum absolute atomic E-state index is 11.4. The molecule has 0 radical (unpaired) electrons. The van der Waals surface area contributed by atoms with Gasteiger partial charge in [0.25, 0.3) is 0 Å². The van der Waals surface area contributed by atoms with Gasteiger partial charge in [0.1, 0.15) is 0 Å². The summed E-state index contributed by atoms with van der Waals surface area (Å²) in [4.78, 5) is 11.4. The first-order valence-corrected chi connectivity index (χ1v) is 5.13. The Hall–Kier alpha value is -1.35. The van der Waals surface area contributed by atoms with E-state index in [0.29, 0.717) is 0 Å². The van der Waals surface area contributed by atoms with Gasteiger partial charge in [-0.05, 0) is 26.3 Å². The molecule has 0 heterocycles. The zero-order valence-corrected chi connectivity index (χ0v) is 9.45. The topological polar surface area (TPSA) is 55.1 Å². The van der Waals surface area contributed by atoms with Gasteiger partial charge in [-0.3, -0.25) is 4.79 Å². The Labute approximate surface area is 90.7 Å². The zero-order valence-electron chi connectivity index (χ0n) is 9.45. The molecule has 1 unspecified atom stereocenters. The van der Waals surface area contributed by atoms with E-state index >= 15 is 0 Å². The number of hydrogen-bond acceptors (Lipinski definition) is 2. The van der Waals surface area contributed by atoms with E-state index in [9.17, 15) is 4.79 Å². The lowest BCUT2D eigenvalue weighted by Gasteiger charge is -2.16. The molecule has 1 aromatic rings. The minimum atomic E-state index is -0.461. The molecule has 0 aliphatic rings. The Morgan fingerprint density at radius 2 is 2.07 bits per heavy atom. The normalized spacial score (nSPS) is 14.4. The number of aryl methyl sites for hydroxylation is 1. The summed E-state index contributed by atoms with van der Waals surface area (Å²) in [5.74, 6) is -0.121. The Morgan fingerprint density at radius 3 is 2.60 bits per heavy atom. The van der Waals surface area contributed by atoms with Crippen LogP contribution in [-0.4, -0.2) is 11.9 Å². The molecule has 15 heavy (non-hydrogen) atoms. The van der Waals surface area contributed by atoms with Crippen molar-refractivity contribution in [2.75, 3.05) is 0 Å². The van der Waals surface area contributed by atoms with E-state index in [4.69, 9.17) is 5.73 Å². The maximum Gasteiger partial charge on any atom is 0.237 e. The summed E-state index contributed by atoms with van der Waals surface area (Å²) in [7, 11) is 0. The maximum atomic E-state index is 11.4. The molecule has 1 aromatic carbocycles. The minimum absolute atomic E-state index is 0.00315. The van der Waals surface area contributed by atoms with Crippen molar-refractivity contribution in [3.8, 4) is 0 Å². The molecule has 1 rings (SSSR count). The van der Waals surface area contributed by atoms with Crippen molar-refractivity contribution < 1.29 is 4.79 Å². The summed E-state index contributed by atoms with van der Waals surface area (Å²) in [6.45, 7) is 5.66. The molecule has 0 bridgehead atoms. The second kappa shape index (κ2) is 4.94. The lowest BCUT2D eigenvalue weighted by Crippen LogP contribution is -2.39. The Balaban J connectivity index is 2.69. The molecule has 3 nitrogen and oxygen atoms in total. The first-order valence-electron chi connectivity index (χ1n) is 5.13. The fraction of sp³-hybridized carbons (Fsp3) is 0.417. The summed E-state index contributed by atoms with van der Waals surface area (Å²) < 4.78 is 0. The van der Waals surface area contributed by atoms with Crippen molar-refractivity contribution in [3.05, 3.63) is 35.4 Å². The Bertz CT molecular complexity index is 347. The SMILES string of the molecule is Cc1cccc([C@H](C)NC(=O)C(C)N)c1. The average Bonchev–Trinajstić information content (AvgIpc) is 2.17. The largest absolute Gasteiger partial charge is 0.348 e. The van der Waals surface area contributed by atoms with Crippen LogP contribution in [0.5, 0.6) is 0 Å². The van der Waals surface area contributed by atoms with Crippen LogP contribution in [0.3, 0.4) is 0 Å². The van der Waals surface area contributed by atoms with Crippen LogP contribution < -0.4 is 11.1 Å². The zero-order chi connectivity index (χ0) is 11.4. The fourth-order valence-corrected chi connectivity index (χ4v) is 1.37. The molecular weight excluding hydrogens is 188 g/mol. The predicted molar refractivity (Wildman–Crippen MR) is 61.4 cm³/mol. The van der Waals surface area contributed by atoms with Gasteiger partial charge in [0.15, 0.2) is 0 Å². The fourth-order valence-electron chi connectivity index (χ4n) is 1.37. The quantitative estimate of drug-likeness (QED) is 0.787. The molecular formula is C12H18N2O. The van der Waals surface area contributed by atoms with Crippen LogP contribution in [-0.2, 0) is 4.79 Å². The van der Waals surface area contributed by atoms with Crippen molar-refractivity contribution in [1.82, 2.24) is 5.32 Å². The summed E-state index contributed by atoms with van der Waals surface area (Å²) in [6, 6.07) is 7.62. The highest BCUT2D eigenvalue weighted by atomic mass is 16.2. The highest BCUT2D eigenvalue weighted by molar-refractivity contribution is 5.81. The molecule has 3 N–H and O–H groups in total. The molecule has 0 aromatic heterocycles. The second-order valence-corrected chi connectivity index (χ2v) is 3.93. The number of nitrogens with one attached hydrogen (secondary N) is 1. The van der Waals surface area contributed by atoms with Gasteiger partial charge < -0.3 is 11.1 Å². The van der Waals surface area contributed by atoms with Gasteiger partial charge in [0.2, 0.25) is 5.91 Å². The van der Waals surface area contributed by atoms with E-state index in [2.05, 4.69) is 11.4 Å². The summed E-state index contributed by atoms with van der Waals surface area (Å²) in [5.41, 5.74) is 7.77. The lowest BCUT2D eigenvalue weighted by molar-refractivity contribution is -0.122. The summed E-state index contributed by atoms with van der Waals surface area (Å²) in [5, 5.41) is 2.86. The monoisotopic (exact) mass is 206 g/mol. The molecule has 3 heteroatoms. The van der Waals surface area contributed by atoms with E-state index in [1.165, 1.54) is 5.56 Å². The van der Waals surface area contributed by atoms with Gasteiger partial charge in [0, 0.05) is 0 Å². The highest BCUT2D eigenvalue weighted by Crippen LogP contribution is 2.13. The Morgan fingerprint density at radius 1 is 1.40 bits per heavy atom. The van der Waals surface area contributed by atoms with Gasteiger partial charge in [-0.1, -0.05) is 29.8 Å². The smallest absolute Gasteiger partial charge is 0.237 e.